The second kappa shape index (κ2) is 4.80. The molecular formula is C10H19ClN2O2S. The zero-order valence-electron chi connectivity index (χ0n) is 9.52. The van der Waals surface area contributed by atoms with Crippen LogP contribution in [0.25, 0.3) is 0 Å². The molecule has 2 rings (SSSR count). The fourth-order valence-electron chi connectivity index (χ4n) is 2.16. The number of nitrogens with zero attached hydrogens (tertiary/aromatic N) is 1. The largest absolute Gasteiger partial charge is 0.279 e. The van der Waals surface area contributed by atoms with E-state index >= 15 is 0 Å². The topological polar surface area (TPSA) is 49.4 Å². The van der Waals surface area contributed by atoms with Gasteiger partial charge in [0, 0.05) is 24.5 Å². The van der Waals surface area contributed by atoms with E-state index in [0.717, 1.165) is 25.7 Å². The van der Waals surface area contributed by atoms with Gasteiger partial charge in [0.05, 0.1) is 0 Å². The molecule has 1 aliphatic carbocycles. The van der Waals surface area contributed by atoms with Crippen LogP contribution in [-0.4, -0.2) is 37.2 Å². The number of alkyl halides is 1. The van der Waals surface area contributed by atoms with Crippen molar-refractivity contribution in [2.45, 2.75) is 44.0 Å². The van der Waals surface area contributed by atoms with Gasteiger partial charge >= 0.3 is 0 Å². The predicted molar refractivity (Wildman–Crippen MR) is 64.7 cm³/mol. The number of hydrogen-bond donors (Lipinski definition) is 1. The molecule has 2 fully saturated rings. The monoisotopic (exact) mass is 266 g/mol. The number of nitrogens with one attached hydrogen (secondary N) is 1. The van der Waals surface area contributed by atoms with Crippen molar-refractivity contribution in [3.05, 3.63) is 0 Å². The number of piperidine rings is 1. The minimum atomic E-state index is -3.27. The van der Waals surface area contributed by atoms with Crippen LogP contribution in [0.2, 0.25) is 0 Å². The second-order valence-corrected chi connectivity index (χ2v) is 7.29. The summed E-state index contributed by atoms with van der Waals surface area (Å²) in [5.74, 6) is 0.641. The SMILES string of the molecule is CC1CCN(S(=O)(=O)NC2CC(Cl)C2)CC1. The Labute approximate surface area is 103 Å². The summed E-state index contributed by atoms with van der Waals surface area (Å²) in [6, 6.07) is 0.0480. The maximum atomic E-state index is 12.0. The summed E-state index contributed by atoms with van der Waals surface area (Å²) in [5, 5.41) is 0.147. The summed E-state index contributed by atoms with van der Waals surface area (Å²) in [6.45, 7) is 3.46. The van der Waals surface area contributed by atoms with Crippen LogP contribution in [0, 0.1) is 5.92 Å². The van der Waals surface area contributed by atoms with Crippen molar-refractivity contribution in [3.63, 3.8) is 0 Å². The summed E-state index contributed by atoms with van der Waals surface area (Å²) in [4.78, 5) is 0. The summed E-state index contributed by atoms with van der Waals surface area (Å²) in [7, 11) is -3.27. The van der Waals surface area contributed by atoms with E-state index in [9.17, 15) is 8.42 Å². The molecule has 1 N–H and O–H groups in total. The van der Waals surface area contributed by atoms with E-state index in [-0.39, 0.29) is 11.4 Å². The molecule has 0 spiro atoms. The average molecular weight is 267 g/mol. The molecule has 0 aromatic carbocycles. The highest BCUT2D eigenvalue weighted by Gasteiger charge is 2.34. The molecule has 1 saturated carbocycles. The predicted octanol–water partition coefficient (Wildman–Crippen LogP) is 1.32. The van der Waals surface area contributed by atoms with Gasteiger partial charge < -0.3 is 0 Å². The van der Waals surface area contributed by atoms with Crippen LogP contribution < -0.4 is 4.72 Å². The highest BCUT2D eigenvalue weighted by molar-refractivity contribution is 7.87. The van der Waals surface area contributed by atoms with E-state index in [4.69, 9.17) is 11.6 Å². The molecule has 1 saturated heterocycles. The van der Waals surface area contributed by atoms with Crippen molar-refractivity contribution in [3.8, 4) is 0 Å². The molecule has 0 radical (unpaired) electrons. The standard InChI is InChI=1S/C10H19ClN2O2S/c1-8-2-4-13(5-3-8)16(14,15)12-10-6-9(11)7-10/h8-10,12H,2-7H2,1H3. The Hall–Kier alpha value is 0.160. The first kappa shape index (κ1) is 12.6. The molecule has 1 heterocycles. The van der Waals surface area contributed by atoms with Crippen LogP contribution in [0.3, 0.4) is 0 Å². The van der Waals surface area contributed by atoms with Gasteiger partial charge in [0.2, 0.25) is 0 Å². The Bertz CT molecular complexity index is 333. The van der Waals surface area contributed by atoms with Crippen LogP contribution in [0.4, 0.5) is 0 Å². The molecule has 6 heteroatoms. The Balaban J connectivity index is 1.87. The van der Waals surface area contributed by atoms with Crippen molar-refractivity contribution in [1.82, 2.24) is 9.03 Å². The maximum Gasteiger partial charge on any atom is 0.279 e. The third-order valence-corrected chi connectivity index (χ3v) is 5.51. The molecule has 0 aromatic rings. The van der Waals surface area contributed by atoms with Crippen LogP contribution in [0.15, 0.2) is 0 Å². The highest BCUT2D eigenvalue weighted by atomic mass is 35.5. The summed E-state index contributed by atoms with van der Waals surface area (Å²) < 4.78 is 28.2. The summed E-state index contributed by atoms with van der Waals surface area (Å²) >= 11 is 5.83. The number of hydrogen-bond acceptors (Lipinski definition) is 2. The molecule has 1 aliphatic heterocycles. The van der Waals surface area contributed by atoms with Crippen molar-refractivity contribution in [2.75, 3.05) is 13.1 Å². The summed E-state index contributed by atoms with van der Waals surface area (Å²) in [5.41, 5.74) is 0. The average Bonchev–Trinajstić information content (AvgIpc) is 2.15. The van der Waals surface area contributed by atoms with E-state index in [0.29, 0.717) is 19.0 Å². The molecule has 4 nitrogen and oxygen atoms in total. The molecule has 94 valence electrons. The van der Waals surface area contributed by atoms with E-state index < -0.39 is 10.2 Å². The van der Waals surface area contributed by atoms with Crippen LogP contribution in [-0.2, 0) is 10.2 Å². The molecule has 0 amide bonds. The Morgan fingerprint density at radius 2 is 1.81 bits per heavy atom. The third-order valence-electron chi connectivity index (χ3n) is 3.48. The van der Waals surface area contributed by atoms with E-state index in [1.165, 1.54) is 0 Å². The van der Waals surface area contributed by atoms with Crippen LogP contribution in [0.1, 0.15) is 32.6 Å². The van der Waals surface area contributed by atoms with Crippen molar-refractivity contribution < 1.29 is 8.42 Å². The molecular weight excluding hydrogens is 248 g/mol. The first-order valence-electron chi connectivity index (χ1n) is 5.89. The minimum Gasteiger partial charge on any atom is -0.199 e. The molecule has 16 heavy (non-hydrogen) atoms. The maximum absolute atomic E-state index is 12.0. The van der Waals surface area contributed by atoms with E-state index in [1.807, 2.05) is 0 Å². The van der Waals surface area contributed by atoms with Crippen molar-refractivity contribution >= 4 is 21.8 Å². The third kappa shape index (κ3) is 2.88. The van der Waals surface area contributed by atoms with Gasteiger partial charge in [0.15, 0.2) is 0 Å². The van der Waals surface area contributed by atoms with Gasteiger partial charge in [-0.1, -0.05) is 6.92 Å². The van der Waals surface area contributed by atoms with Crippen LogP contribution in [0.5, 0.6) is 0 Å². The lowest BCUT2D eigenvalue weighted by molar-refractivity contribution is 0.278. The van der Waals surface area contributed by atoms with Gasteiger partial charge in [-0.05, 0) is 31.6 Å². The Kier molecular flexibility index (Phi) is 3.79. The van der Waals surface area contributed by atoms with Crippen molar-refractivity contribution in [2.24, 2.45) is 5.92 Å². The Morgan fingerprint density at radius 1 is 1.25 bits per heavy atom. The molecule has 0 bridgehead atoms. The van der Waals surface area contributed by atoms with Crippen molar-refractivity contribution in [1.29, 1.82) is 0 Å². The molecule has 0 unspecified atom stereocenters. The van der Waals surface area contributed by atoms with Gasteiger partial charge in [0.25, 0.3) is 10.2 Å². The zero-order valence-corrected chi connectivity index (χ0v) is 11.1. The minimum absolute atomic E-state index is 0.0480. The van der Waals surface area contributed by atoms with E-state index in [1.54, 1.807) is 4.31 Å². The Morgan fingerprint density at radius 3 is 2.31 bits per heavy atom. The van der Waals surface area contributed by atoms with Crippen LogP contribution >= 0.6 is 11.6 Å². The quantitative estimate of drug-likeness (QED) is 0.784. The molecule has 0 aromatic heterocycles. The van der Waals surface area contributed by atoms with Gasteiger partial charge in [-0.25, -0.2) is 0 Å². The fraction of sp³-hybridized carbons (Fsp3) is 1.00. The van der Waals surface area contributed by atoms with Gasteiger partial charge in [-0.3, -0.25) is 0 Å². The molecule has 0 atom stereocenters. The van der Waals surface area contributed by atoms with Gasteiger partial charge in [0.1, 0.15) is 0 Å². The fourth-order valence-corrected chi connectivity index (χ4v) is 4.04. The first-order chi connectivity index (χ1) is 7.47. The number of halogens is 1. The first-order valence-corrected chi connectivity index (χ1v) is 7.76. The van der Waals surface area contributed by atoms with E-state index in [2.05, 4.69) is 11.6 Å². The lowest BCUT2D eigenvalue weighted by atomic mass is 9.94. The number of rotatable bonds is 3. The van der Waals surface area contributed by atoms with Gasteiger partial charge in [-0.2, -0.15) is 17.4 Å². The smallest absolute Gasteiger partial charge is 0.199 e. The second-order valence-electron chi connectivity index (χ2n) is 4.97. The normalized spacial score (nSPS) is 33.6. The summed E-state index contributed by atoms with van der Waals surface area (Å²) in [6.07, 6.45) is 3.43. The highest BCUT2D eigenvalue weighted by Crippen LogP contribution is 2.27. The zero-order chi connectivity index (χ0) is 11.8. The lowest BCUT2D eigenvalue weighted by Crippen LogP contribution is -2.52. The lowest BCUT2D eigenvalue weighted by Gasteiger charge is -2.35. The van der Waals surface area contributed by atoms with Gasteiger partial charge in [-0.15, -0.1) is 11.6 Å². The molecule has 2 aliphatic rings.